The molecule has 0 aromatic heterocycles. The van der Waals surface area contributed by atoms with Crippen molar-refractivity contribution < 1.29 is 5.11 Å². The summed E-state index contributed by atoms with van der Waals surface area (Å²) in [6.07, 6.45) is 8.61. The van der Waals surface area contributed by atoms with Crippen LogP contribution >= 0.6 is 0 Å². The Morgan fingerprint density at radius 2 is 2.22 bits per heavy atom. The molecule has 2 aliphatic carbocycles. The van der Waals surface area contributed by atoms with Crippen LogP contribution in [0.15, 0.2) is 12.2 Å². The first-order chi connectivity index (χ1) is 4.31. The van der Waals surface area contributed by atoms with Crippen LogP contribution in [0.2, 0.25) is 0 Å². The van der Waals surface area contributed by atoms with Crippen molar-refractivity contribution in [2.75, 3.05) is 0 Å². The molecule has 1 unspecified atom stereocenters. The van der Waals surface area contributed by atoms with Gasteiger partial charge in [0.15, 0.2) is 0 Å². The Kier molecular flexibility index (Phi) is 0.974. The smallest absolute Gasteiger partial charge is 0.0858 e. The molecule has 1 N–H and O–H groups in total. The summed E-state index contributed by atoms with van der Waals surface area (Å²) in [4.78, 5) is 0. The summed E-state index contributed by atoms with van der Waals surface area (Å²) >= 11 is 0. The van der Waals surface area contributed by atoms with Crippen molar-refractivity contribution in [1.29, 1.82) is 0 Å². The molecule has 1 atom stereocenters. The minimum Gasteiger partial charge on any atom is -0.385 e. The zero-order valence-electron chi connectivity index (χ0n) is 5.51. The van der Waals surface area contributed by atoms with Gasteiger partial charge >= 0.3 is 0 Å². The first kappa shape index (κ1) is 5.48. The maximum absolute atomic E-state index is 9.74. The van der Waals surface area contributed by atoms with Crippen LogP contribution in [-0.4, -0.2) is 10.7 Å². The molecule has 1 nitrogen and oxygen atoms in total. The van der Waals surface area contributed by atoms with Crippen LogP contribution in [0.25, 0.3) is 0 Å². The van der Waals surface area contributed by atoms with Crippen LogP contribution < -0.4 is 0 Å². The van der Waals surface area contributed by atoms with E-state index in [1.807, 2.05) is 6.08 Å². The van der Waals surface area contributed by atoms with Gasteiger partial charge in [-0.2, -0.15) is 0 Å². The van der Waals surface area contributed by atoms with Crippen molar-refractivity contribution in [2.45, 2.75) is 31.3 Å². The summed E-state index contributed by atoms with van der Waals surface area (Å²) in [5.41, 5.74) is -0.375. The lowest BCUT2D eigenvalue weighted by molar-refractivity contribution is 0.0675. The lowest BCUT2D eigenvalue weighted by atomic mass is 9.98. The Labute approximate surface area is 55.4 Å². The Bertz CT molecular complexity index is 147. The molecule has 0 aromatic rings. The summed E-state index contributed by atoms with van der Waals surface area (Å²) in [6, 6.07) is 0. The number of hydrogen-bond donors (Lipinski definition) is 1. The second-order valence-electron chi connectivity index (χ2n) is 3.21. The molecule has 0 aromatic carbocycles. The van der Waals surface area contributed by atoms with Crippen molar-refractivity contribution in [3.63, 3.8) is 0 Å². The zero-order chi connectivity index (χ0) is 6.32. The van der Waals surface area contributed by atoms with Gasteiger partial charge in [0.2, 0.25) is 0 Å². The van der Waals surface area contributed by atoms with Gasteiger partial charge in [0.05, 0.1) is 5.60 Å². The van der Waals surface area contributed by atoms with Gasteiger partial charge in [0.25, 0.3) is 0 Å². The van der Waals surface area contributed by atoms with Crippen LogP contribution in [0, 0.1) is 5.92 Å². The van der Waals surface area contributed by atoms with E-state index < -0.39 is 0 Å². The lowest BCUT2D eigenvalue weighted by Gasteiger charge is -2.18. The van der Waals surface area contributed by atoms with Gasteiger partial charge in [-0.25, -0.2) is 0 Å². The lowest BCUT2D eigenvalue weighted by Crippen LogP contribution is -2.25. The molecule has 2 aliphatic rings. The summed E-state index contributed by atoms with van der Waals surface area (Å²) < 4.78 is 0. The first-order valence-corrected chi connectivity index (χ1v) is 3.71. The third-order valence-electron chi connectivity index (χ3n) is 2.40. The molecule has 0 spiro atoms. The number of hydrogen-bond acceptors (Lipinski definition) is 1. The highest BCUT2D eigenvalue weighted by molar-refractivity contribution is 5.14. The highest BCUT2D eigenvalue weighted by Crippen LogP contribution is 2.45. The van der Waals surface area contributed by atoms with E-state index in [2.05, 4.69) is 6.08 Å². The van der Waals surface area contributed by atoms with Crippen molar-refractivity contribution in [1.82, 2.24) is 0 Å². The van der Waals surface area contributed by atoms with E-state index in [1.165, 1.54) is 12.8 Å². The van der Waals surface area contributed by atoms with Gasteiger partial charge in [-0.05, 0) is 31.6 Å². The molecule has 0 aliphatic heterocycles. The summed E-state index contributed by atoms with van der Waals surface area (Å²) in [5.74, 6) is 0.608. The van der Waals surface area contributed by atoms with Crippen LogP contribution in [-0.2, 0) is 0 Å². The third kappa shape index (κ3) is 0.799. The Balaban J connectivity index is 2.12. The second-order valence-corrected chi connectivity index (χ2v) is 3.21. The minimum atomic E-state index is -0.375. The molecular formula is C8H12O. The van der Waals surface area contributed by atoms with Gasteiger partial charge in [-0.3, -0.25) is 0 Å². The molecule has 0 saturated heterocycles. The topological polar surface area (TPSA) is 20.2 Å². The monoisotopic (exact) mass is 124 g/mol. The fourth-order valence-corrected chi connectivity index (χ4v) is 1.61. The van der Waals surface area contributed by atoms with Crippen LogP contribution in [0.1, 0.15) is 25.7 Å². The maximum Gasteiger partial charge on any atom is 0.0858 e. The van der Waals surface area contributed by atoms with E-state index >= 15 is 0 Å². The van der Waals surface area contributed by atoms with Crippen LogP contribution in [0.4, 0.5) is 0 Å². The number of aliphatic hydroxyl groups is 1. The summed E-state index contributed by atoms with van der Waals surface area (Å²) in [7, 11) is 0. The number of allylic oxidation sites excluding steroid dienone is 1. The molecule has 0 radical (unpaired) electrons. The molecule has 0 amide bonds. The molecule has 1 heteroatoms. The fraction of sp³-hybridized carbons (Fsp3) is 0.750. The summed E-state index contributed by atoms with van der Waals surface area (Å²) in [6.45, 7) is 0. The van der Waals surface area contributed by atoms with E-state index in [1.54, 1.807) is 0 Å². The van der Waals surface area contributed by atoms with Gasteiger partial charge in [0.1, 0.15) is 0 Å². The van der Waals surface area contributed by atoms with E-state index in [9.17, 15) is 5.11 Å². The summed E-state index contributed by atoms with van der Waals surface area (Å²) in [5, 5.41) is 9.74. The fourth-order valence-electron chi connectivity index (χ4n) is 1.61. The minimum absolute atomic E-state index is 0.375. The molecule has 0 bridgehead atoms. The third-order valence-corrected chi connectivity index (χ3v) is 2.40. The largest absolute Gasteiger partial charge is 0.385 e. The van der Waals surface area contributed by atoms with Crippen LogP contribution in [0.5, 0.6) is 0 Å². The highest BCUT2D eigenvalue weighted by atomic mass is 16.3. The predicted molar refractivity (Wildman–Crippen MR) is 36.0 cm³/mol. The van der Waals surface area contributed by atoms with Crippen molar-refractivity contribution >= 4 is 0 Å². The maximum atomic E-state index is 9.74. The van der Waals surface area contributed by atoms with E-state index in [-0.39, 0.29) is 5.60 Å². The average Bonchev–Trinajstić information content (AvgIpc) is 2.60. The molecular weight excluding hydrogens is 112 g/mol. The predicted octanol–water partition coefficient (Wildman–Crippen LogP) is 1.48. The van der Waals surface area contributed by atoms with E-state index in [0.717, 1.165) is 12.8 Å². The number of rotatable bonds is 1. The molecule has 50 valence electrons. The average molecular weight is 124 g/mol. The normalized spacial score (nSPS) is 41.9. The van der Waals surface area contributed by atoms with Gasteiger partial charge in [-0.15, -0.1) is 0 Å². The zero-order valence-corrected chi connectivity index (χ0v) is 5.51. The van der Waals surface area contributed by atoms with E-state index in [0.29, 0.717) is 5.92 Å². The first-order valence-electron chi connectivity index (χ1n) is 3.71. The van der Waals surface area contributed by atoms with E-state index in [4.69, 9.17) is 0 Å². The molecule has 2 rings (SSSR count). The van der Waals surface area contributed by atoms with Crippen LogP contribution in [0.3, 0.4) is 0 Å². The molecule has 0 heterocycles. The van der Waals surface area contributed by atoms with Crippen molar-refractivity contribution in [3.05, 3.63) is 12.2 Å². The molecule has 1 saturated carbocycles. The quantitative estimate of drug-likeness (QED) is 0.525. The second kappa shape index (κ2) is 1.60. The Morgan fingerprint density at radius 1 is 1.44 bits per heavy atom. The Morgan fingerprint density at radius 3 is 2.67 bits per heavy atom. The standard InChI is InChI=1S/C8H12O/c9-8(7-3-4-7)5-1-2-6-8/h1,5,7,9H,2-4,6H2. The molecule has 9 heavy (non-hydrogen) atoms. The van der Waals surface area contributed by atoms with Gasteiger partial charge in [0, 0.05) is 0 Å². The van der Waals surface area contributed by atoms with Crippen molar-refractivity contribution in [3.8, 4) is 0 Å². The highest BCUT2D eigenvalue weighted by Gasteiger charge is 2.42. The SMILES string of the molecule is OC1(C2CC2)C=CCC1. The Hall–Kier alpha value is -0.300. The molecule has 1 fully saturated rings. The van der Waals surface area contributed by atoms with Gasteiger partial charge in [-0.1, -0.05) is 12.2 Å². The van der Waals surface area contributed by atoms with Gasteiger partial charge < -0.3 is 5.11 Å². The van der Waals surface area contributed by atoms with Crippen molar-refractivity contribution in [2.24, 2.45) is 5.92 Å².